The zero-order chi connectivity index (χ0) is 24.2. The Balaban J connectivity index is 1.22. The summed E-state index contributed by atoms with van der Waals surface area (Å²) >= 11 is 0. The zero-order valence-electron chi connectivity index (χ0n) is 20.7. The maximum atomic E-state index is 14.1. The molecule has 3 aromatic rings. The van der Waals surface area contributed by atoms with Gasteiger partial charge in [-0.15, -0.1) is 0 Å². The third-order valence-corrected chi connectivity index (χ3v) is 8.26. The third-order valence-electron chi connectivity index (χ3n) is 8.26. The average Bonchev–Trinajstić information content (AvgIpc) is 3.51. The van der Waals surface area contributed by atoms with Gasteiger partial charge in [0.15, 0.2) is 0 Å². The van der Waals surface area contributed by atoms with Crippen molar-refractivity contribution < 1.29 is 9.59 Å². The lowest BCUT2D eigenvalue weighted by atomic mass is 9.85. The van der Waals surface area contributed by atoms with Crippen LogP contribution in [0.1, 0.15) is 43.4 Å². The number of benzene rings is 2. The summed E-state index contributed by atoms with van der Waals surface area (Å²) in [6.45, 7) is 7.37. The van der Waals surface area contributed by atoms with E-state index < -0.39 is 5.54 Å². The molecule has 2 fully saturated rings. The van der Waals surface area contributed by atoms with Crippen LogP contribution in [-0.4, -0.2) is 62.8 Å². The number of piperidine rings is 1. The molecule has 6 nitrogen and oxygen atoms in total. The van der Waals surface area contributed by atoms with E-state index in [0.29, 0.717) is 25.3 Å². The van der Waals surface area contributed by atoms with Crippen molar-refractivity contribution in [3.63, 3.8) is 0 Å². The molecule has 6 rings (SSSR count). The Morgan fingerprint density at radius 1 is 0.971 bits per heavy atom. The molecule has 0 bridgehead atoms. The second kappa shape index (κ2) is 8.52. The van der Waals surface area contributed by atoms with Gasteiger partial charge in [0.25, 0.3) is 5.91 Å². The first-order valence-electron chi connectivity index (χ1n) is 13.0. The average molecular weight is 471 g/mol. The van der Waals surface area contributed by atoms with Gasteiger partial charge in [0.2, 0.25) is 0 Å². The summed E-state index contributed by atoms with van der Waals surface area (Å²) in [5.41, 5.74) is 4.27. The van der Waals surface area contributed by atoms with Crippen molar-refractivity contribution in [1.29, 1.82) is 0 Å². The van der Waals surface area contributed by atoms with Gasteiger partial charge < -0.3 is 9.88 Å². The standard InChI is InChI=1S/C29H34N4O2/c1-20(2)18-32-28(35)33(24-15-21-7-3-4-8-22(21)16-24)27(34)29(32)11-13-31(14-12-29)19-23-17-30-26-10-6-5-9-25(23)26/h3-10,17,20,24,30H,11-16,18-19H2,1-2H3. The number of rotatable bonds is 5. The quantitative estimate of drug-likeness (QED) is 0.555. The van der Waals surface area contributed by atoms with Crippen molar-refractivity contribution >= 4 is 22.8 Å². The van der Waals surface area contributed by atoms with Crippen molar-refractivity contribution in [3.05, 3.63) is 71.4 Å². The molecule has 3 amide bonds. The van der Waals surface area contributed by atoms with Crippen molar-refractivity contribution in [2.45, 2.75) is 57.7 Å². The topological polar surface area (TPSA) is 59.7 Å². The Labute approximate surface area is 206 Å². The molecule has 1 N–H and O–H groups in total. The number of carbonyl (C=O) groups is 2. The van der Waals surface area contributed by atoms with E-state index in [1.807, 2.05) is 23.1 Å². The van der Waals surface area contributed by atoms with E-state index >= 15 is 0 Å². The summed E-state index contributed by atoms with van der Waals surface area (Å²) < 4.78 is 0. The van der Waals surface area contributed by atoms with Crippen molar-refractivity contribution in [2.75, 3.05) is 19.6 Å². The van der Waals surface area contributed by atoms with Gasteiger partial charge in [0.05, 0.1) is 0 Å². The lowest BCUT2D eigenvalue weighted by Crippen LogP contribution is -2.57. The minimum absolute atomic E-state index is 0.0349. The summed E-state index contributed by atoms with van der Waals surface area (Å²) in [6, 6.07) is 16.6. The minimum atomic E-state index is -0.702. The maximum Gasteiger partial charge on any atom is 0.327 e. The van der Waals surface area contributed by atoms with Crippen molar-refractivity contribution in [2.24, 2.45) is 5.92 Å². The number of fused-ring (bicyclic) bond motifs is 2. The largest absolute Gasteiger partial charge is 0.361 e. The van der Waals surface area contributed by atoms with Gasteiger partial charge in [-0.2, -0.15) is 0 Å². The normalized spacial score (nSPS) is 20.7. The second-order valence-corrected chi connectivity index (χ2v) is 11.0. The van der Waals surface area contributed by atoms with Crippen LogP contribution in [0.4, 0.5) is 4.79 Å². The number of nitrogens with one attached hydrogen (secondary N) is 1. The predicted molar refractivity (Wildman–Crippen MR) is 137 cm³/mol. The smallest absolute Gasteiger partial charge is 0.327 e. The van der Waals surface area contributed by atoms with E-state index in [9.17, 15) is 9.59 Å². The highest BCUT2D eigenvalue weighted by atomic mass is 16.2. The number of aromatic nitrogens is 1. The van der Waals surface area contributed by atoms with Crippen LogP contribution < -0.4 is 0 Å². The van der Waals surface area contributed by atoms with Gasteiger partial charge in [-0.05, 0) is 54.4 Å². The van der Waals surface area contributed by atoms with Crippen molar-refractivity contribution in [1.82, 2.24) is 19.7 Å². The number of aromatic amines is 1. The van der Waals surface area contributed by atoms with Crippen LogP contribution >= 0.6 is 0 Å². The summed E-state index contributed by atoms with van der Waals surface area (Å²) in [5.74, 6) is 0.348. The first-order chi connectivity index (χ1) is 17.0. The summed E-state index contributed by atoms with van der Waals surface area (Å²) in [4.78, 5) is 37.2. The lowest BCUT2D eigenvalue weighted by molar-refractivity contribution is -0.137. The maximum absolute atomic E-state index is 14.1. The van der Waals surface area contributed by atoms with Gasteiger partial charge in [-0.25, -0.2) is 4.79 Å². The number of amides is 3. The molecule has 0 atom stereocenters. The van der Waals surface area contributed by atoms with Crippen LogP contribution in [0.3, 0.4) is 0 Å². The molecule has 35 heavy (non-hydrogen) atoms. The minimum Gasteiger partial charge on any atom is -0.361 e. The number of nitrogens with zero attached hydrogens (tertiary/aromatic N) is 3. The van der Waals surface area contributed by atoms with Crippen LogP contribution in [0, 0.1) is 5.92 Å². The van der Waals surface area contributed by atoms with E-state index in [0.717, 1.165) is 38.0 Å². The third kappa shape index (κ3) is 3.66. The molecule has 1 aliphatic carbocycles. The van der Waals surface area contributed by atoms with Crippen LogP contribution in [0.5, 0.6) is 0 Å². The number of para-hydroxylation sites is 1. The van der Waals surface area contributed by atoms with Crippen molar-refractivity contribution in [3.8, 4) is 0 Å². The molecular formula is C29H34N4O2. The first kappa shape index (κ1) is 22.4. The zero-order valence-corrected chi connectivity index (χ0v) is 20.7. The number of hydrogen-bond donors (Lipinski definition) is 1. The van der Waals surface area contributed by atoms with Crippen LogP contribution in [0.25, 0.3) is 10.9 Å². The fourth-order valence-electron chi connectivity index (χ4n) is 6.47. The molecule has 1 spiro atoms. The molecule has 0 radical (unpaired) electrons. The first-order valence-corrected chi connectivity index (χ1v) is 13.0. The molecule has 182 valence electrons. The number of carbonyl (C=O) groups excluding carboxylic acids is 2. The molecule has 0 saturated carbocycles. The molecular weight excluding hydrogens is 436 g/mol. The van der Waals surface area contributed by atoms with E-state index in [-0.39, 0.29) is 18.0 Å². The summed E-state index contributed by atoms with van der Waals surface area (Å²) in [5, 5.41) is 1.26. The number of imide groups is 1. The Morgan fingerprint density at radius 2 is 1.63 bits per heavy atom. The fourth-order valence-corrected chi connectivity index (χ4v) is 6.47. The van der Waals surface area contributed by atoms with Gasteiger partial charge >= 0.3 is 6.03 Å². The van der Waals surface area contributed by atoms with Crippen LogP contribution in [0.15, 0.2) is 54.7 Å². The molecule has 0 unspecified atom stereocenters. The number of H-pyrrole nitrogens is 1. The molecule has 3 aliphatic rings. The highest BCUT2D eigenvalue weighted by Crippen LogP contribution is 2.41. The Morgan fingerprint density at radius 3 is 2.31 bits per heavy atom. The van der Waals surface area contributed by atoms with Gasteiger partial charge in [0.1, 0.15) is 5.54 Å². The molecule has 1 aromatic heterocycles. The van der Waals surface area contributed by atoms with E-state index in [1.54, 1.807) is 4.90 Å². The predicted octanol–water partition coefficient (Wildman–Crippen LogP) is 4.59. The van der Waals surface area contributed by atoms with E-state index in [2.05, 4.69) is 60.3 Å². The summed E-state index contributed by atoms with van der Waals surface area (Å²) in [6.07, 6.45) is 5.04. The van der Waals surface area contributed by atoms with Crippen LogP contribution in [0.2, 0.25) is 0 Å². The summed E-state index contributed by atoms with van der Waals surface area (Å²) in [7, 11) is 0. The second-order valence-electron chi connectivity index (χ2n) is 11.0. The van der Waals surface area contributed by atoms with Gasteiger partial charge in [-0.3, -0.25) is 14.6 Å². The van der Waals surface area contributed by atoms with Crippen LogP contribution in [-0.2, 0) is 24.2 Å². The highest BCUT2D eigenvalue weighted by molar-refractivity contribution is 6.07. The van der Waals surface area contributed by atoms with Gasteiger partial charge in [0, 0.05) is 49.3 Å². The Hall–Kier alpha value is -3.12. The Kier molecular flexibility index (Phi) is 5.44. The number of urea groups is 1. The fraction of sp³-hybridized carbons (Fsp3) is 0.448. The molecule has 2 saturated heterocycles. The SMILES string of the molecule is CC(C)CN1C(=O)N(C2Cc3ccccc3C2)C(=O)C12CCN(Cc1c[nH]c3ccccc13)CC2. The number of hydrogen-bond acceptors (Lipinski definition) is 3. The molecule has 6 heteroatoms. The molecule has 2 aromatic carbocycles. The van der Waals surface area contributed by atoms with E-state index in [4.69, 9.17) is 0 Å². The molecule has 2 aliphatic heterocycles. The van der Waals surface area contributed by atoms with Gasteiger partial charge in [-0.1, -0.05) is 56.3 Å². The monoisotopic (exact) mass is 470 g/mol. The van der Waals surface area contributed by atoms with E-state index in [1.165, 1.54) is 22.1 Å². The Bertz CT molecular complexity index is 1250. The number of likely N-dealkylation sites (tertiary alicyclic amines) is 1. The lowest BCUT2D eigenvalue weighted by Gasteiger charge is -2.42. The molecule has 3 heterocycles. The highest BCUT2D eigenvalue weighted by Gasteiger charge is 2.59.